The number of urea groups is 1. The van der Waals surface area contributed by atoms with Crippen LogP contribution in [-0.4, -0.2) is 11.0 Å². The van der Waals surface area contributed by atoms with Crippen molar-refractivity contribution in [3.63, 3.8) is 0 Å². The van der Waals surface area contributed by atoms with Crippen molar-refractivity contribution in [3.8, 4) is 10.6 Å². The van der Waals surface area contributed by atoms with Crippen LogP contribution in [0.25, 0.3) is 10.6 Å². The Morgan fingerprint density at radius 3 is 2.73 bits per heavy atom. The van der Waals surface area contributed by atoms with Crippen LogP contribution in [0.2, 0.25) is 9.36 Å². The van der Waals surface area contributed by atoms with Crippen molar-refractivity contribution in [3.05, 3.63) is 51.1 Å². The molecular formula is C14H9Cl2N3OS2. The maximum atomic E-state index is 11.9. The molecule has 112 valence electrons. The van der Waals surface area contributed by atoms with E-state index in [9.17, 15) is 4.79 Å². The highest BCUT2D eigenvalue weighted by atomic mass is 35.5. The molecule has 3 rings (SSSR count). The van der Waals surface area contributed by atoms with Crippen LogP contribution in [0.5, 0.6) is 0 Å². The van der Waals surface area contributed by atoms with E-state index < -0.39 is 0 Å². The van der Waals surface area contributed by atoms with E-state index in [1.54, 1.807) is 24.3 Å². The molecule has 0 bridgehead atoms. The van der Waals surface area contributed by atoms with Crippen molar-refractivity contribution in [2.45, 2.75) is 0 Å². The molecule has 0 aliphatic rings. The van der Waals surface area contributed by atoms with Crippen LogP contribution in [0.4, 0.5) is 15.6 Å². The van der Waals surface area contributed by atoms with Crippen molar-refractivity contribution >= 4 is 62.7 Å². The van der Waals surface area contributed by atoms with E-state index >= 15 is 0 Å². The lowest BCUT2D eigenvalue weighted by Gasteiger charge is -2.05. The summed E-state index contributed by atoms with van der Waals surface area (Å²) in [5, 5.41) is 8.34. The summed E-state index contributed by atoms with van der Waals surface area (Å²) in [6.45, 7) is 0. The maximum Gasteiger partial charge on any atom is 0.325 e. The number of halogens is 2. The Kier molecular flexibility index (Phi) is 4.63. The lowest BCUT2D eigenvalue weighted by molar-refractivity contribution is 0.262. The van der Waals surface area contributed by atoms with E-state index in [4.69, 9.17) is 23.2 Å². The molecule has 0 spiro atoms. The number of hydrogen-bond donors (Lipinski definition) is 2. The van der Waals surface area contributed by atoms with E-state index in [1.807, 2.05) is 17.5 Å². The minimum absolute atomic E-state index is 0.368. The van der Waals surface area contributed by atoms with Crippen LogP contribution in [0, 0.1) is 0 Å². The van der Waals surface area contributed by atoms with Gasteiger partial charge in [0.05, 0.1) is 14.9 Å². The zero-order valence-corrected chi connectivity index (χ0v) is 14.1. The monoisotopic (exact) mass is 369 g/mol. The molecule has 0 saturated carbocycles. The van der Waals surface area contributed by atoms with Crippen LogP contribution in [-0.2, 0) is 0 Å². The molecular weight excluding hydrogens is 361 g/mol. The molecule has 22 heavy (non-hydrogen) atoms. The smallest absolute Gasteiger partial charge is 0.308 e. The Bertz CT molecular complexity index is 816. The highest BCUT2D eigenvalue weighted by Crippen LogP contribution is 2.32. The number of thiazole rings is 1. The first-order valence-corrected chi connectivity index (χ1v) is 8.60. The van der Waals surface area contributed by atoms with Gasteiger partial charge in [0, 0.05) is 16.1 Å². The molecule has 8 heteroatoms. The average Bonchev–Trinajstić information content (AvgIpc) is 3.07. The first-order valence-electron chi connectivity index (χ1n) is 6.15. The van der Waals surface area contributed by atoms with Gasteiger partial charge in [-0.3, -0.25) is 5.32 Å². The first-order chi connectivity index (χ1) is 10.6. The molecule has 0 unspecified atom stereocenters. The fourth-order valence-corrected chi connectivity index (χ4v) is 3.70. The van der Waals surface area contributed by atoms with Gasteiger partial charge in [0.25, 0.3) is 0 Å². The van der Waals surface area contributed by atoms with Gasteiger partial charge < -0.3 is 5.32 Å². The molecule has 2 amide bonds. The summed E-state index contributed by atoms with van der Waals surface area (Å²) in [5.41, 5.74) is 1.41. The van der Waals surface area contributed by atoms with Gasteiger partial charge in [-0.1, -0.05) is 29.3 Å². The van der Waals surface area contributed by atoms with Crippen LogP contribution in [0.3, 0.4) is 0 Å². The summed E-state index contributed by atoms with van der Waals surface area (Å²) in [7, 11) is 0. The second-order valence-electron chi connectivity index (χ2n) is 4.23. The van der Waals surface area contributed by atoms with Gasteiger partial charge in [-0.05, 0) is 30.3 Å². The molecule has 1 aromatic carbocycles. The number of benzene rings is 1. The fourth-order valence-electron chi connectivity index (χ4n) is 1.72. The Balaban J connectivity index is 1.66. The molecule has 2 heterocycles. The molecule has 0 saturated heterocycles. The summed E-state index contributed by atoms with van der Waals surface area (Å²) >= 11 is 14.6. The summed E-state index contributed by atoms with van der Waals surface area (Å²) in [4.78, 5) is 17.3. The zero-order valence-electron chi connectivity index (χ0n) is 11.0. The summed E-state index contributed by atoms with van der Waals surface area (Å²) in [5.74, 6) is 0. The van der Waals surface area contributed by atoms with Gasteiger partial charge >= 0.3 is 6.03 Å². The predicted molar refractivity (Wildman–Crippen MR) is 94.5 cm³/mol. The van der Waals surface area contributed by atoms with E-state index in [0.717, 1.165) is 10.6 Å². The predicted octanol–water partition coefficient (Wildman–Crippen LogP) is 5.82. The molecule has 0 radical (unpaired) electrons. The number of carbonyl (C=O) groups excluding carboxylic acids is 1. The minimum Gasteiger partial charge on any atom is -0.308 e. The number of rotatable bonds is 3. The molecule has 2 N–H and O–H groups in total. The third-order valence-electron chi connectivity index (χ3n) is 2.63. The van der Waals surface area contributed by atoms with Crippen LogP contribution in [0.15, 0.2) is 41.8 Å². The lowest BCUT2D eigenvalue weighted by atomic mass is 10.3. The molecule has 4 nitrogen and oxygen atoms in total. The van der Waals surface area contributed by atoms with Gasteiger partial charge in [-0.25, -0.2) is 9.78 Å². The zero-order chi connectivity index (χ0) is 15.5. The molecule has 0 aliphatic carbocycles. The Hall–Kier alpha value is -1.60. The SMILES string of the molecule is O=C(Nc1cccc(Cl)c1)Nc1nc(-c2ccc(Cl)s2)cs1. The number of amides is 2. The number of nitrogens with zero attached hydrogens (tertiary/aromatic N) is 1. The molecule has 0 atom stereocenters. The van der Waals surface area contributed by atoms with Gasteiger partial charge in [-0.2, -0.15) is 0 Å². The van der Waals surface area contributed by atoms with Crippen LogP contribution >= 0.6 is 45.9 Å². The highest BCUT2D eigenvalue weighted by Gasteiger charge is 2.09. The topological polar surface area (TPSA) is 54.0 Å². The summed E-state index contributed by atoms with van der Waals surface area (Å²) in [6.07, 6.45) is 0. The molecule has 2 aromatic heterocycles. The third-order valence-corrected chi connectivity index (χ3v) is 4.88. The second-order valence-corrected chi connectivity index (χ2v) is 7.24. The Labute approximate surface area is 144 Å². The van der Waals surface area contributed by atoms with Gasteiger partial charge in [0.2, 0.25) is 0 Å². The van der Waals surface area contributed by atoms with Gasteiger partial charge in [0.1, 0.15) is 0 Å². The average molecular weight is 370 g/mol. The molecule has 0 aliphatic heterocycles. The lowest BCUT2D eigenvalue weighted by Crippen LogP contribution is -2.19. The second kappa shape index (κ2) is 6.66. The Morgan fingerprint density at radius 2 is 2.00 bits per heavy atom. The van der Waals surface area contributed by atoms with Crippen LogP contribution < -0.4 is 10.6 Å². The Morgan fingerprint density at radius 1 is 1.14 bits per heavy atom. The number of hydrogen-bond acceptors (Lipinski definition) is 4. The molecule has 3 aromatic rings. The van der Waals surface area contributed by atoms with Crippen molar-refractivity contribution in [1.82, 2.24) is 4.98 Å². The van der Waals surface area contributed by atoms with E-state index in [0.29, 0.717) is 20.2 Å². The largest absolute Gasteiger partial charge is 0.325 e. The van der Waals surface area contributed by atoms with Gasteiger partial charge in [-0.15, -0.1) is 22.7 Å². The quantitative estimate of drug-likeness (QED) is 0.610. The maximum absolute atomic E-state index is 11.9. The number of aromatic nitrogens is 1. The van der Waals surface area contributed by atoms with Crippen molar-refractivity contribution < 1.29 is 4.79 Å². The van der Waals surface area contributed by atoms with Crippen molar-refractivity contribution in [1.29, 1.82) is 0 Å². The van der Waals surface area contributed by atoms with E-state index in [-0.39, 0.29) is 6.03 Å². The number of carbonyl (C=O) groups is 1. The normalized spacial score (nSPS) is 10.5. The number of anilines is 2. The first kappa shape index (κ1) is 15.3. The van der Waals surface area contributed by atoms with Crippen LogP contribution in [0.1, 0.15) is 0 Å². The fraction of sp³-hybridized carbons (Fsp3) is 0. The third kappa shape index (κ3) is 3.78. The number of thiophene rings is 1. The highest BCUT2D eigenvalue weighted by molar-refractivity contribution is 7.20. The van der Waals surface area contributed by atoms with Crippen molar-refractivity contribution in [2.24, 2.45) is 0 Å². The van der Waals surface area contributed by atoms with E-state index in [2.05, 4.69) is 15.6 Å². The molecule has 0 fully saturated rings. The van der Waals surface area contributed by atoms with E-state index in [1.165, 1.54) is 22.7 Å². The summed E-state index contributed by atoms with van der Waals surface area (Å²) in [6, 6.07) is 10.3. The summed E-state index contributed by atoms with van der Waals surface area (Å²) < 4.78 is 0.705. The number of nitrogens with one attached hydrogen (secondary N) is 2. The standard InChI is InChI=1S/C14H9Cl2N3OS2/c15-8-2-1-3-9(6-8)17-13(20)19-14-18-10(7-21-14)11-4-5-12(16)22-11/h1-7H,(H2,17,18,19,20). The minimum atomic E-state index is -0.368. The van der Waals surface area contributed by atoms with Gasteiger partial charge in [0.15, 0.2) is 5.13 Å². The van der Waals surface area contributed by atoms with Crippen molar-refractivity contribution in [2.75, 3.05) is 10.6 Å².